The van der Waals surface area contributed by atoms with Crippen LogP contribution in [-0.4, -0.2) is 76.7 Å². The van der Waals surface area contributed by atoms with E-state index >= 15 is 0 Å². The minimum Gasteiger partial charge on any atom is -0.396 e. The molecule has 3 amide bonds. The second-order valence-corrected chi connectivity index (χ2v) is 13.0. The van der Waals surface area contributed by atoms with Gasteiger partial charge in [0.25, 0.3) is 0 Å². The number of likely N-dealkylation sites (tertiary alicyclic amines) is 1. The van der Waals surface area contributed by atoms with Gasteiger partial charge in [-0.25, -0.2) is 4.68 Å². The molecule has 1 spiro atoms. The first-order chi connectivity index (χ1) is 18.9. The van der Waals surface area contributed by atoms with Crippen LogP contribution in [0.2, 0.25) is 0 Å². The van der Waals surface area contributed by atoms with Crippen LogP contribution >= 0.6 is 27.7 Å². The number of aliphatic hydroxyl groups is 1. The molecule has 3 N–H and O–H groups in total. The van der Waals surface area contributed by atoms with E-state index in [1.807, 2.05) is 54.6 Å². The lowest BCUT2D eigenvalue weighted by Crippen LogP contribution is -2.54. The zero-order chi connectivity index (χ0) is 27.1. The quantitative estimate of drug-likeness (QED) is 0.250. The molecule has 1 aromatic heterocycles. The monoisotopic (exact) mass is 612 g/mol. The fourth-order valence-electron chi connectivity index (χ4n) is 6.39. The number of unbranched alkanes of at least 4 members (excludes halogenated alkanes) is 1. The van der Waals surface area contributed by atoms with Crippen molar-refractivity contribution in [2.24, 2.45) is 11.8 Å². The topological polar surface area (TPSA) is 129 Å². The first-order valence-corrected chi connectivity index (χ1v) is 14.9. The van der Waals surface area contributed by atoms with E-state index in [-0.39, 0.29) is 41.1 Å². The third-order valence-electron chi connectivity index (χ3n) is 8.01. The van der Waals surface area contributed by atoms with Crippen LogP contribution in [0.1, 0.15) is 19.3 Å². The van der Waals surface area contributed by atoms with Gasteiger partial charge in [0.15, 0.2) is 0 Å². The molecular weight excluding hydrogens is 584 g/mol. The number of halogens is 1. The molecule has 0 radical (unpaired) electrons. The number of aromatic nitrogens is 3. The molecule has 3 aromatic rings. The van der Waals surface area contributed by atoms with Gasteiger partial charge in [-0.1, -0.05) is 51.5 Å². The summed E-state index contributed by atoms with van der Waals surface area (Å²) in [4.78, 5) is 43.2. The van der Waals surface area contributed by atoms with Crippen LogP contribution in [0.15, 0.2) is 54.6 Å². The summed E-state index contributed by atoms with van der Waals surface area (Å²) >= 11 is 5.38. The maximum atomic E-state index is 14.0. The Morgan fingerprint density at radius 3 is 2.67 bits per heavy atom. The van der Waals surface area contributed by atoms with Crippen molar-refractivity contribution in [1.29, 1.82) is 0 Å². The predicted octanol–water partition coefficient (Wildman–Crippen LogP) is 2.38. The number of carbonyl (C=O) groups is 3. The zero-order valence-corrected chi connectivity index (χ0v) is 23.5. The van der Waals surface area contributed by atoms with Crippen molar-refractivity contribution in [1.82, 2.24) is 25.2 Å². The fraction of sp³-hybridized carbons (Fsp3) is 0.444. The number of thioether (sulfide) groups is 1. The average molecular weight is 614 g/mol. The highest BCUT2D eigenvalue weighted by molar-refractivity contribution is 9.09. The van der Waals surface area contributed by atoms with Crippen LogP contribution in [0.4, 0.5) is 5.69 Å². The van der Waals surface area contributed by atoms with Gasteiger partial charge >= 0.3 is 0 Å². The molecule has 6 atom stereocenters. The van der Waals surface area contributed by atoms with Crippen molar-refractivity contribution in [3.05, 3.63) is 54.6 Å². The van der Waals surface area contributed by atoms with Gasteiger partial charge in [-0.3, -0.25) is 14.4 Å². The number of aliphatic hydroxyl groups excluding tert-OH is 1. The maximum absolute atomic E-state index is 14.0. The number of carbonyl (C=O) groups excluding carboxylic acids is 3. The molecule has 0 saturated carbocycles. The molecule has 3 fully saturated rings. The number of anilines is 1. The van der Waals surface area contributed by atoms with Gasteiger partial charge in [-0.2, -0.15) is 0 Å². The van der Waals surface area contributed by atoms with E-state index in [1.165, 1.54) is 0 Å². The summed E-state index contributed by atoms with van der Waals surface area (Å²) in [5, 5.41) is 23.5. The summed E-state index contributed by atoms with van der Waals surface area (Å²) in [7, 11) is 0. The van der Waals surface area contributed by atoms with E-state index in [9.17, 15) is 19.5 Å². The van der Waals surface area contributed by atoms with Crippen LogP contribution in [0.25, 0.3) is 11.0 Å². The van der Waals surface area contributed by atoms with Crippen molar-refractivity contribution >= 4 is 62.1 Å². The second kappa shape index (κ2) is 10.5. The number of hydrogen-bond donors (Lipinski definition) is 3. The standard InChI is InChI=1S/C27H29BrN6O4S/c28-17-14-27-21(20(22(17)39-27)24(36)30-16-8-2-1-3-9-16)26(38)33(12-6-7-13-35)23(27)25(37)29-15-34-19-11-5-4-10-18(19)31-32-34/h1-5,8-11,17,20-23,35H,6-7,12-15H2,(H,29,37)(H,30,36)/t17?,20-,21+,22-,23?,27?/m1/s1. The average Bonchev–Trinajstić information content (AvgIpc) is 3.65. The van der Waals surface area contributed by atoms with E-state index in [2.05, 4.69) is 36.9 Å². The summed E-state index contributed by atoms with van der Waals surface area (Å²) in [5.74, 6) is -1.82. The SMILES string of the molecule is O=C(NCn1nnc2ccccc21)C1N(CCCCO)C(=O)[C@@H]2[C@@H](C(=O)Nc3ccccc3)[C@@H]3SC12CC3Br. The molecule has 12 heteroatoms. The number of nitrogens with one attached hydrogen (secondary N) is 2. The third kappa shape index (κ3) is 4.42. The highest BCUT2D eigenvalue weighted by atomic mass is 79.9. The fourth-order valence-corrected chi connectivity index (χ4v) is 10.0. The Morgan fingerprint density at radius 1 is 1.10 bits per heavy atom. The molecule has 3 aliphatic heterocycles. The van der Waals surface area contributed by atoms with Crippen molar-refractivity contribution in [3.8, 4) is 0 Å². The Morgan fingerprint density at radius 2 is 1.87 bits per heavy atom. The second-order valence-electron chi connectivity index (χ2n) is 10.3. The van der Waals surface area contributed by atoms with E-state index in [0.717, 1.165) is 11.0 Å². The van der Waals surface area contributed by atoms with Crippen molar-refractivity contribution in [2.45, 2.75) is 46.8 Å². The molecule has 10 nitrogen and oxygen atoms in total. The number of fused-ring (bicyclic) bond motifs is 2. The van der Waals surface area contributed by atoms with Gasteiger partial charge in [0.1, 0.15) is 18.2 Å². The van der Waals surface area contributed by atoms with Crippen LogP contribution in [0.5, 0.6) is 0 Å². The van der Waals surface area contributed by atoms with Crippen LogP contribution in [0, 0.1) is 11.8 Å². The highest BCUT2D eigenvalue weighted by Crippen LogP contribution is 2.67. The molecule has 39 heavy (non-hydrogen) atoms. The number of amides is 3. The van der Waals surface area contributed by atoms with Gasteiger partial charge in [-0.05, 0) is 43.5 Å². The van der Waals surface area contributed by atoms with E-state index in [1.54, 1.807) is 21.3 Å². The molecule has 0 aliphatic carbocycles. The molecule has 6 rings (SSSR count). The molecule has 3 aliphatic rings. The number of para-hydroxylation sites is 2. The van der Waals surface area contributed by atoms with E-state index in [0.29, 0.717) is 31.5 Å². The smallest absolute Gasteiger partial charge is 0.245 e. The van der Waals surface area contributed by atoms with Gasteiger partial charge < -0.3 is 20.6 Å². The number of rotatable bonds is 9. The van der Waals surface area contributed by atoms with Gasteiger partial charge in [0.2, 0.25) is 17.7 Å². The largest absolute Gasteiger partial charge is 0.396 e. The molecule has 2 bridgehead atoms. The molecule has 3 saturated heterocycles. The third-order valence-corrected chi connectivity index (χ3v) is 11.2. The Hall–Kier alpha value is -2.96. The van der Waals surface area contributed by atoms with Crippen molar-refractivity contribution in [2.75, 3.05) is 18.5 Å². The lowest BCUT2D eigenvalue weighted by atomic mass is 9.70. The van der Waals surface area contributed by atoms with Gasteiger partial charge in [-0.15, -0.1) is 16.9 Å². The summed E-state index contributed by atoms with van der Waals surface area (Å²) in [6.07, 6.45) is 1.69. The molecule has 3 unspecified atom stereocenters. The number of hydrogen-bond acceptors (Lipinski definition) is 7. The van der Waals surface area contributed by atoms with Crippen LogP contribution in [-0.2, 0) is 21.1 Å². The Balaban J connectivity index is 1.29. The molecule has 2 aromatic carbocycles. The molecule has 204 valence electrons. The summed E-state index contributed by atoms with van der Waals surface area (Å²) in [6.45, 7) is 0.460. The summed E-state index contributed by atoms with van der Waals surface area (Å²) in [5.41, 5.74) is 2.20. The minimum absolute atomic E-state index is 0.00917. The van der Waals surface area contributed by atoms with Crippen molar-refractivity contribution < 1.29 is 19.5 Å². The van der Waals surface area contributed by atoms with Crippen molar-refractivity contribution in [3.63, 3.8) is 0 Å². The molecular formula is C27H29BrN6O4S. The number of alkyl halides is 1. The number of benzene rings is 2. The van der Waals surface area contributed by atoms with E-state index in [4.69, 9.17) is 0 Å². The predicted molar refractivity (Wildman–Crippen MR) is 151 cm³/mol. The van der Waals surface area contributed by atoms with Crippen LogP contribution in [0.3, 0.4) is 0 Å². The maximum Gasteiger partial charge on any atom is 0.245 e. The normalized spacial score (nSPS) is 29.1. The first-order valence-electron chi connectivity index (χ1n) is 13.1. The summed E-state index contributed by atoms with van der Waals surface area (Å²) < 4.78 is 0.889. The molecule has 4 heterocycles. The lowest BCUT2D eigenvalue weighted by Gasteiger charge is -2.35. The number of nitrogens with zero attached hydrogens (tertiary/aromatic N) is 4. The lowest BCUT2D eigenvalue weighted by molar-refractivity contribution is -0.139. The zero-order valence-electron chi connectivity index (χ0n) is 21.1. The minimum atomic E-state index is -0.743. The first kappa shape index (κ1) is 26.3. The van der Waals surface area contributed by atoms with E-state index < -0.39 is 22.6 Å². The van der Waals surface area contributed by atoms with Crippen LogP contribution < -0.4 is 10.6 Å². The summed E-state index contributed by atoms with van der Waals surface area (Å²) in [6, 6.07) is 16.0. The highest BCUT2D eigenvalue weighted by Gasteiger charge is 2.75. The van der Waals surface area contributed by atoms with Gasteiger partial charge in [0, 0.05) is 28.9 Å². The Bertz CT molecular complexity index is 1410. The van der Waals surface area contributed by atoms with Gasteiger partial charge in [0.05, 0.1) is 22.1 Å². The Kier molecular flexibility index (Phi) is 7.11. The Labute approximate surface area is 238 Å².